The second kappa shape index (κ2) is 2.99. The summed E-state index contributed by atoms with van der Waals surface area (Å²) < 4.78 is 0. The average Bonchev–Trinajstić information content (AvgIpc) is 2.05. The Morgan fingerprint density at radius 1 is 1.50 bits per heavy atom. The monoisotopic (exact) mass is 198 g/mol. The lowest BCUT2D eigenvalue weighted by molar-refractivity contribution is 1.33. The van der Waals surface area contributed by atoms with E-state index in [-0.39, 0.29) is 0 Å². The molecule has 1 aliphatic rings. The third-order valence-corrected chi connectivity index (χ3v) is 2.87. The summed E-state index contributed by atoms with van der Waals surface area (Å²) in [6.07, 6.45) is 0. The van der Waals surface area contributed by atoms with Crippen molar-refractivity contribution in [3.63, 3.8) is 0 Å². The van der Waals surface area contributed by atoms with Crippen molar-refractivity contribution in [2.75, 3.05) is 5.75 Å². The van der Waals surface area contributed by atoms with E-state index in [1.54, 1.807) is 11.8 Å². The third kappa shape index (κ3) is 1.42. The number of hydrogen-bond acceptors (Lipinski definition) is 3. The number of amidine groups is 1. The number of hydrogen-bond donors (Lipinski definition) is 1. The van der Waals surface area contributed by atoms with Gasteiger partial charge in [0.1, 0.15) is 5.84 Å². The smallest absolute Gasteiger partial charge is 0.110 e. The number of benzene rings is 1. The summed E-state index contributed by atoms with van der Waals surface area (Å²) in [5.41, 5.74) is 6.51. The molecule has 0 aliphatic carbocycles. The molecule has 0 spiro atoms. The van der Waals surface area contributed by atoms with E-state index in [2.05, 4.69) is 4.99 Å². The van der Waals surface area contributed by atoms with Gasteiger partial charge in [-0.2, -0.15) is 0 Å². The molecule has 2 N–H and O–H groups in total. The van der Waals surface area contributed by atoms with E-state index in [0.29, 0.717) is 5.84 Å². The zero-order valence-corrected chi connectivity index (χ0v) is 7.82. The van der Waals surface area contributed by atoms with Crippen LogP contribution in [0.3, 0.4) is 0 Å². The minimum absolute atomic E-state index is 0.676. The number of nitrogens with zero attached hydrogens (tertiary/aromatic N) is 1. The molecule has 1 aromatic rings. The highest BCUT2D eigenvalue weighted by atomic mass is 35.5. The van der Waals surface area contributed by atoms with Crippen molar-refractivity contribution < 1.29 is 0 Å². The molecule has 0 fully saturated rings. The molecule has 0 amide bonds. The molecule has 4 heteroatoms. The summed E-state index contributed by atoms with van der Waals surface area (Å²) in [6.45, 7) is 0. The summed E-state index contributed by atoms with van der Waals surface area (Å²) in [4.78, 5) is 5.31. The van der Waals surface area contributed by atoms with E-state index in [1.165, 1.54) is 0 Å². The molecule has 0 saturated heterocycles. The van der Waals surface area contributed by atoms with Crippen LogP contribution in [0.2, 0.25) is 5.02 Å². The predicted octanol–water partition coefficient (Wildman–Crippen LogP) is 2.43. The summed E-state index contributed by atoms with van der Waals surface area (Å²) in [5, 5.41) is 0.747. The summed E-state index contributed by atoms with van der Waals surface area (Å²) >= 11 is 7.49. The fourth-order valence-electron chi connectivity index (χ4n) is 1.03. The van der Waals surface area contributed by atoms with E-state index >= 15 is 0 Å². The molecule has 2 rings (SSSR count). The summed E-state index contributed by atoms with van der Waals surface area (Å²) in [5.74, 6) is 1.43. The molecule has 1 aromatic carbocycles. The van der Waals surface area contributed by atoms with Gasteiger partial charge in [0.25, 0.3) is 0 Å². The van der Waals surface area contributed by atoms with Gasteiger partial charge >= 0.3 is 0 Å². The van der Waals surface area contributed by atoms with Crippen LogP contribution in [0.25, 0.3) is 0 Å². The first-order valence-electron chi connectivity index (χ1n) is 3.51. The van der Waals surface area contributed by atoms with Gasteiger partial charge < -0.3 is 5.73 Å². The van der Waals surface area contributed by atoms with Crippen LogP contribution in [-0.2, 0) is 0 Å². The Balaban J connectivity index is 2.51. The number of thioether (sulfide) groups is 1. The summed E-state index contributed by atoms with van der Waals surface area (Å²) in [6, 6.07) is 5.62. The zero-order chi connectivity index (χ0) is 8.55. The van der Waals surface area contributed by atoms with Crippen LogP contribution in [0.5, 0.6) is 0 Å². The maximum absolute atomic E-state index is 5.82. The number of rotatable bonds is 0. The Labute approximate surface area is 79.8 Å². The lowest BCUT2D eigenvalue weighted by Gasteiger charge is -2.11. The number of fused-ring (bicyclic) bond motifs is 1. The molecule has 0 bridgehead atoms. The van der Waals surface area contributed by atoms with Gasteiger partial charge in [0.15, 0.2) is 0 Å². The van der Waals surface area contributed by atoms with Crippen LogP contribution < -0.4 is 5.73 Å². The zero-order valence-electron chi connectivity index (χ0n) is 6.25. The maximum Gasteiger partial charge on any atom is 0.110 e. The Hall–Kier alpha value is -0.670. The van der Waals surface area contributed by atoms with Crippen molar-refractivity contribution >= 4 is 34.9 Å². The fraction of sp³-hybridized carbons (Fsp3) is 0.125. The van der Waals surface area contributed by atoms with Gasteiger partial charge in [0.2, 0.25) is 0 Å². The van der Waals surface area contributed by atoms with Crippen LogP contribution >= 0.6 is 23.4 Å². The topological polar surface area (TPSA) is 38.4 Å². The van der Waals surface area contributed by atoms with E-state index in [1.807, 2.05) is 18.2 Å². The first-order valence-corrected chi connectivity index (χ1v) is 4.87. The van der Waals surface area contributed by atoms with Gasteiger partial charge in [0, 0.05) is 9.92 Å². The molecule has 62 valence electrons. The standard InChI is InChI=1S/C8H7ClN2S/c9-5-1-2-6-7(3-5)12-4-8(10)11-6/h1-3H,4H2,(H2,10,11). The number of nitrogens with two attached hydrogens (primary N) is 1. The predicted molar refractivity (Wildman–Crippen MR) is 53.5 cm³/mol. The fourth-order valence-corrected chi connectivity index (χ4v) is 2.11. The SMILES string of the molecule is NC1=Nc2ccc(Cl)cc2SC1. The minimum Gasteiger partial charge on any atom is -0.386 e. The third-order valence-electron chi connectivity index (χ3n) is 1.56. The molecule has 0 atom stereocenters. The molecule has 0 radical (unpaired) electrons. The van der Waals surface area contributed by atoms with Crippen LogP contribution in [0.15, 0.2) is 28.1 Å². The molecule has 0 saturated carbocycles. The van der Waals surface area contributed by atoms with Gasteiger partial charge in [-0.25, -0.2) is 4.99 Å². The molecule has 0 unspecified atom stereocenters. The Kier molecular flexibility index (Phi) is 1.98. The van der Waals surface area contributed by atoms with E-state index < -0.39 is 0 Å². The van der Waals surface area contributed by atoms with Gasteiger partial charge in [0.05, 0.1) is 11.4 Å². The van der Waals surface area contributed by atoms with Gasteiger partial charge in [-0.05, 0) is 18.2 Å². The highest BCUT2D eigenvalue weighted by molar-refractivity contribution is 8.00. The van der Waals surface area contributed by atoms with Crippen LogP contribution in [-0.4, -0.2) is 11.6 Å². The summed E-state index contributed by atoms with van der Waals surface area (Å²) in [7, 11) is 0. The van der Waals surface area contributed by atoms with Crippen molar-refractivity contribution in [3.8, 4) is 0 Å². The van der Waals surface area contributed by atoms with Crippen molar-refractivity contribution in [1.29, 1.82) is 0 Å². The Morgan fingerprint density at radius 2 is 2.33 bits per heavy atom. The lowest BCUT2D eigenvalue weighted by Crippen LogP contribution is -2.16. The molecular formula is C8H7ClN2S. The highest BCUT2D eigenvalue weighted by Gasteiger charge is 2.09. The van der Waals surface area contributed by atoms with Crippen molar-refractivity contribution in [2.45, 2.75) is 4.90 Å². The van der Waals surface area contributed by atoms with Gasteiger partial charge in [-0.1, -0.05) is 11.6 Å². The second-order valence-corrected chi connectivity index (χ2v) is 3.96. The number of aliphatic imine (C=N–C) groups is 1. The van der Waals surface area contributed by atoms with Gasteiger partial charge in [-0.15, -0.1) is 11.8 Å². The quantitative estimate of drug-likeness (QED) is 0.696. The normalized spacial score (nSPS) is 15.2. The van der Waals surface area contributed by atoms with Crippen molar-refractivity contribution in [1.82, 2.24) is 0 Å². The van der Waals surface area contributed by atoms with Crippen molar-refractivity contribution in [3.05, 3.63) is 23.2 Å². The van der Waals surface area contributed by atoms with Crippen molar-refractivity contribution in [2.24, 2.45) is 10.7 Å². The van der Waals surface area contributed by atoms with Gasteiger partial charge in [-0.3, -0.25) is 0 Å². The maximum atomic E-state index is 5.82. The van der Waals surface area contributed by atoms with Crippen LogP contribution in [0.1, 0.15) is 0 Å². The lowest BCUT2D eigenvalue weighted by atomic mass is 10.3. The molecule has 1 aliphatic heterocycles. The van der Waals surface area contributed by atoms with Crippen LogP contribution in [0.4, 0.5) is 5.69 Å². The second-order valence-electron chi connectivity index (χ2n) is 2.50. The van der Waals surface area contributed by atoms with E-state index in [0.717, 1.165) is 21.4 Å². The molecular weight excluding hydrogens is 192 g/mol. The molecule has 1 heterocycles. The Bertz CT molecular complexity index is 349. The first kappa shape index (κ1) is 7.95. The Morgan fingerprint density at radius 3 is 3.17 bits per heavy atom. The largest absolute Gasteiger partial charge is 0.386 e. The minimum atomic E-state index is 0.676. The number of halogens is 1. The molecule has 0 aromatic heterocycles. The van der Waals surface area contributed by atoms with Crippen LogP contribution in [0, 0.1) is 0 Å². The first-order chi connectivity index (χ1) is 5.75. The molecule has 2 nitrogen and oxygen atoms in total. The van der Waals surface area contributed by atoms with E-state index in [4.69, 9.17) is 17.3 Å². The highest BCUT2D eigenvalue weighted by Crippen LogP contribution is 2.34. The van der Waals surface area contributed by atoms with E-state index in [9.17, 15) is 0 Å². The molecule has 12 heavy (non-hydrogen) atoms. The average molecular weight is 199 g/mol.